The van der Waals surface area contributed by atoms with E-state index in [0.29, 0.717) is 0 Å². The number of hydrogen-bond acceptors (Lipinski definition) is 2. The minimum absolute atomic E-state index is 0.185. The molecule has 0 heterocycles. The van der Waals surface area contributed by atoms with Crippen LogP contribution in [-0.4, -0.2) is 11.0 Å². The van der Waals surface area contributed by atoms with Gasteiger partial charge in [0.15, 0.2) is 0 Å². The fourth-order valence-corrected chi connectivity index (χ4v) is 0.534. The molecular weight excluding hydrogens is 176 g/mol. The minimum atomic E-state index is 0.185. The first-order valence-corrected chi connectivity index (χ1v) is 4.62. The Kier molecular flexibility index (Phi) is 12.3. The second-order valence-corrected chi connectivity index (χ2v) is 2.40. The average Bonchev–Trinajstić information content (AvgIpc) is 2.23. The third-order valence-electron chi connectivity index (χ3n) is 1.10. The summed E-state index contributed by atoms with van der Waals surface area (Å²) < 4.78 is 0. The predicted molar refractivity (Wildman–Crippen MR) is 61.6 cm³/mol. The van der Waals surface area contributed by atoms with Crippen LogP contribution in [0.15, 0.2) is 35.5 Å². The number of nitrogens with zero attached hydrogens (tertiary/aromatic N) is 1. The summed E-state index contributed by atoms with van der Waals surface area (Å²) >= 11 is 0. The van der Waals surface area contributed by atoms with Crippen LogP contribution in [0.3, 0.4) is 0 Å². The molecule has 1 rings (SSSR count). The molecule has 14 heavy (non-hydrogen) atoms. The van der Waals surface area contributed by atoms with Gasteiger partial charge in [-0.1, -0.05) is 54.9 Å². The quantitative estimate of drug-likeness (QED) is 0.290. The lowest BCUT2D eigenvalue weighted by molar-refractivity contribution is 0.318. The number of rotatable bonds is 0. The van der Waals surface area contributed by atoms with Crippen molar-refractivity contribution >= 4 is 5.84 Å². The number of benzene rings is 1. The maximum Gasteiger partial charge on any atom is 0.135 e. The standard InChI is InChI=1S/C7H8.C2H6N2O.C2H6/c1-7-5-3-2-4-6-7;1-2(3)4-5;1-2/h2-6H,1H3;5H,1H3,(H2,3,4);1-2H3. The summed E-state index contributed by atoms with van der Waals surface area (Å²) in [7, 11) is 0. The van der Waals surface area contributed by atoms with Crippen LogP contribution in [0.1, 0.15) is 26.3 Å². The van der Waals surface area contributed by atoms with Crippen LogP contribution < -0.4 is 5.73 Å². The maximum absolute atomic E-state index is 7.61. The van der Waals surface area contributed by atoms with Gasteiger partial charge in [-0.25, -0.2) is 0 Å². The average molecular weight is 196 g/mol. The molecule has 1 aromatic carbocycles. The molecule has 3 nitrogen and oxygen atoms in total. The van der Waals surface area contributed by atoms with Gasteiger partial charge < -0.3 is 10.9 Å². The lowest BCUT2D eigenvalue weighted by Gasteiger charge is -1.82. The Morgan fingerprint density at radius 2 is 1.57 bits per heavy atom. The highest BCUT2D eigenvalue weighted by Crippen LogP contribution is 1.92. The van der Waals surface area contributed by atoms with E-state index in [0.717, 1.165) is 0 Å². The van der Waals surface area contributed by atoms with E-state index >= 15 is 0 Å². The normalized spacial score (nSPS) is 9.00. The zero-order valence-electron chi connectivity index (χ0n) is 9.36. The van der Waals surface area contributed by atoms with Crippen LogP contribution in [0, 0.1) is 6.92 Å². The van der Waals surface area contributed by atoms with Gasteiger partial charge in [0.2, 0.25) is 0 Å². The molecular formula is C11H20N2O. The molecule has 1 aromatic rings. The zero-order valence-corrected chi connectivity index (χ0v) is 9.36. The van der Waals surface area contributed by atoms with E-state index in [4.69, 9.17) is 10.9 Å². The molecule has 0 unspecified atom stereocenters. The van der Waals surface area contributed by atoms with Gasteiger partial charge in [-0.15, -0.1) is 0 Å². The Bertz CT molecular complexity index is 228. The van der Waals surface area contributed by atoms with Crippen molar-refractivity contribution in [2.75, 3.05) is 0 Å². The summed E-state index contributed by atoms with van der Waals surface area (Å²) in [6.45, 7) is 7.58. The van der Waals surface area contributed by atoms with Gasteiger partial charge in [0.05, 0.1) is 0 Å². The molecule has 80 valence electrons. The van der Waals surface area contributed by atoms with Gasteiger partial charge in [0.25, 0.3) is 0 Å². The van der Waals surface area contributed by atoms with Crippen molar-refractivity contribution in [2.45, 2.75) is 27.7 Å². The van der Waals surface area contributed by atoms with Crippen LogP contribution >= 0.6 is 0 Å². The molecule has 0 fully saturated rings. The maximum atomic E-state index is 7.61. The smallest absolute Gasteiger partial charge is 0.135 e. The van der Waals surface area contributed by atoms with Crippen LogP contribution in [0.5, 0.6) is 0 Å². The predicted octanol–water partition coefficient (Wildman–Crippen LogP) is 2.77. The third-order valence-corrected chi connectivity index (χ3v) is 1.10. The van der Waals surface area contributed by atoms with Gasteiger partial charge in [-0.05, 0) is 13.8 Å². The topological polar surface area (TPSA) is 58.6 Å². The number of amidine groups is 1. The Morgan fingerprint density at radius 3 is 1.71 bits per heavy atom. The second-order valence-electron chi connectivity index (χ2n) is 2.40. The Hall–Kier alpha value is -1.51. The van der Waals surface area contributed by atoms with Crippen molar-refractivity contribution in [1.82, 2.24) is 0 Å². The van der Waals surface area contributed by atoms with Crippen LogP contribution in [0.4, 0.5) is 0 Å². The van der Waals surface area contributed by atoms with E-state index in [1.54, 1.807) is 0 Å². The molecule has 0 bridgehead atoms. The fraction of sp³-hybridized carbons (Fsp3) is 0.364. The van der Waals surface area contributed by atoms with Crippen LogP contribution in [0.25, 0.3) is 0 Å². The van der Waals surface area contributed by atoms with Crippen molar-refractivity contribution in [3.05, 3.63) is 35.9 Å². The first-order valence-electron chi connectivity index (χ1n) is 4.62. The van der Waals surface area contributed by atoms with E-state index in [9.17, 15) is 0 Å². The van der Waals surface area contributed by atoms with Crippen molar-refractivity contribution in [3.8, 4) is 0 Å². The molecule has 0 saturated heterocycles. The van der Waals surface area contributed by atoms with Crippen molar-refractivity contribution in [2.24, 2.45) is 10.9 Å². The second kappa shape index (κ2) is 11.5. The van der Waals surface area contributed by atoms with E-state index in [1.165, 1.54) is 12.5 Å². The Balaban J connectivity index is 0. The zero-order chi connectivity index (χ0) is 11.4. The van der Waals surface area contributed by atoms with E-state index in [1.807, 2.05) is 32.0 Å². The molecule has 0 radical (unpaired) electrons. The molecule has 0 saturated carbocycles. The van der Waals surface area contributed by atoms with E-state index < -0.39 is 0 Å². The molecule has 0 spiro atoms. The van der Waals surface area contributed by atoms with Gasteiger partial charge in [-0.3, -0.25) is 0 Å². The highest BCUT2D eigenvalue weighted by Gasteiger charge is 1.72. The van der Waals surface area contributed by atoms with Gasteiger partial charge in [-0.2, -0.15) is 0 Å². The van der Waals surface area contributed by atoms with Crippen LogP contribution in [0.2, 0.25) is 0 Å². The fourth-order valence-electron chi connectivity index (χ4n) is 0.534. The SMILES string of the molecule is C/C(N)=N\O.CC.Cc1ccccc1. The number of oxime groups is 1. The Labute approximate surface area is 86.3 Å². The molecule has 3 N–H and O–H groups in total. The Morgan fingerprint density at radius 1 is 1.21 bits per heavy atom. The van der Waals surface area contributed by atoms with E-state index in [-0.39, 0.29) is 5.84 Å². The summed E-state index contributed by atoms with van der Waals surface area (Å²) in [6, 6.07) is 10.3. The third kappa shape index (κ3) is 13.1. The summed E-state index contributed by atoms with van der Waals surface area (Å²) in [6.07, 6.45) is 0. The first-order chi connectivity index (χ1) is 6.66. The molecule has 0 aromatic heterocycles. The van der Waals surface area contributed by atoms with Gasteiger partial charge in [0.1, 0.15) is 5.84 Å². The lowest BCUT2D eigenvalue weighted by atomic mass is 10.2. The number of hydrogen-bond donors (Lipinski definition) is 2. The van der Waals surface area contributed by atoms with E-state index in [2.05, 4.69) is 24.2 Å². The summed E-state index contributed by atoms with van der Waals surface area (Å²) in [5, 5.41) is 10.2. The highest BCUT2D eigenvalue weighted by atomic mass is 16.4. The monoisotopic (exact) mass is 196 g/mol. The molecule has 0 amide bonds. The number of nitrogens with two attached hydrogens (primary N) is 1. The van der Waals surface area contributed by atoms with Crippen molar-refractivity contribution < 1.29 is 5.21 Å². The molecule has 0 aliphatic carbocycles. The lowest BCUT2D eigenvalue weighted by Crippen LogP contribution is -2.03. The minimum Gasteiger partial charge on any atom is -0.409 e. The van der Waals surface area contributed by atoms with Crippen molar-refractivity contribution in [3.63, 3.8) is 0 Å². The van der Waals surface area contributed by atoms with Gasteiger partial charge in [0, 0.05) is 0 Å². The largest absolute Gasteiger partial charge is 0.409 e. The molecule has 0 aliphatic heterocycles. The summed E-state index contributed by atoms with van der Waals surface area (Å²) in [5.74, 6) is 0.185. The number of aryl methyl sites for hydroxylation is 1. The molecule has 0 atom stereocenters. The van der Waals surface area contributed by atoms with Gasteiger partial charge >= 0.3 is 0 Å². The molecule has 3 heteroatoms. The first kappa shape index (κ1) is 15.0. The summed E-state index contributed by atoms with van der Waals surface area (Å²) in [4.78, 5) is 0. The highest BCUT2D eigenvalue weighted by molar-refractivity contribution is 5.76. The van der Waals surface area contributed by atoms with Crippen LogP contribution in [-0.2, 0) is 0 Å². The van der Waals surface area contributed by atoms with Crippen molar-refractivity contribution in [1.29, 1.82) is 0 Å². The molecule has 0 aliphatic rings. The summed E-state index contributed by atoms with van der Waals surface area (Å²) in [5.41, 5.74) is 6.11.